The van der Waals surface area contributed by atoms with Crippen molar-refractivity contribution in [3.8, 4) is 11.1 Å². The van der Waals surface area contributed by atoms with Crippen molar-refractivity contribution < 1.29 is 22.7 Å². The Bertz CT molecular complexity index is 1200. The van der Waals surface area contributed by atoms with Crippen LogP contribution in [0.25, 0.3) is 22.2 Å². The van der Waals surface area contributed by atoms with E-state index in [1.165, 1.54) is 23.2 Å². The molecule has 3 aromatic rings. The highest BCUT2D eigenvalue weighted by Crippen LogP contribution is 2.41. The first-order chi connectivity index (χ1) is 15.8. The van der Waals surface area contributed by atoms with Crippen molar-refractivity contribution in [1.82, 2.24) is 19.9 Å². The minimum atomic E-state index is -4.57. The summed E-state index contributed by atoms with van der Waals surface area (Å²) in [5.41, 5.74) is 2.64. The number of anilines is 1. The van der Waals surface area contributed by atoms with E-state index in [4.69, 9.17) is 16.3 Å². The number of nitrogens with one attached hydrogen (secondary N) is 1. The van der Waals surface area contributed by atoms with Gasteiger partial charge in [-0.15, -0.1) is 11.6 Å². The van der Waals surface area contributed by atoms with Crippen LogP contribution in [0.2, 0.25) is 0 Å². The van der Waals surface area contributed by atoms with Gasteiger partial charge in [0.2, 0.25) is 0 Å². The average Bonchev–Trinajstić information content (AvgIpc) is 2.83. The number of aromatic nitrogens is 2. The predicted octanol–water partition coefficient (Wildman–Crippen LogP) is 3.75. The van der Waals surface area contributed by atoms with Crippen LogP contribution in [0, 0.1) is 0 Å². The Balaban J connectivity index is 1.59. The number of hydrogen-bond acceptors (Lipinski definition) is 6. The summed E-state index contributed by atoms with van der Waals surface area (Å²) >= 11 is 6.30. The third kappa shape index (κ3) is 3.98. The topological polar surface area (TPSA) is 70.6 Å². The Hall–Kier alpha value is -2.95. The van der Waals surface area contributed by atoms with Crippen LogP contribution in [-0.4, -0.2) is 63.6 Å². The van der Waals surface area contributed by atoms with Gasteiger partial charge in [-0.3, -0.25) is 15.1 Å². The van der Waals surface area contributed by atoms with E-state index in [-0.39, 0.29) is 22.9 Å². The molecular weight excluding hydrogens is 459 g/mol. The highest BCUT2D eigenvalue weighted by atomic mass is 35.5. The lowest BCUT2D eigenvalue weighted by Crippen LogP contribution is -2.72. The standard InChI is InChI=1S/C22H19ClF3N5O2/c23-17-20(30-8-10-33-11-9-30)31(21(17)32)29-19-15(12-13-4-3-7-27-18(13)28-19)14-5-1-2-6-16(14)22(24,25)26/h1-7,12,17,20H,8-11H2,(H,27,28,29). The number of carbonyl (C=O) groups excluding carboxylic acids is 1. The summed E-state index contributed by atoms with van der Waals surface area (Å²) in [4.78, 5) is 23.3. The number of benzene rings is 1. The van der Waals surface area contributed by atoms with Crippen LogP contribution in [0.4, 0.5) is 19.0 Å². The van der Waals surface area contributed by atoms with E-state index in [9.17, 15) is 18.0 Å². The highest BCUT2D eigenvalue weighted by molar-refractivity contribution is 6.33. The largest absolute Gasteiger partial charge is 0.417 e. The van der Waals surface area contributed by atoms with Crippen LogP contribution >= 0.6 is 11.6 Å². The van der Waals surface area contributed by atoms with Gasteiger partial charge in [-0.05, 0) is 29.8 Å². The van der Waals surface area contributed by atoms with Crippen LogP contribution in [0.15, 0.2) is 48.7 Å². The summed E-state index contributed by atoms with van der Waals surface area (Å²) in [6.07, 6.45) is -3.50. The first-order valence-corrected chi connectivity index (χ1v) is 10.8. The predicted molar refractivity (Wildman–Crippen MR) is 116 cm³/mol. The van der Waals surface area contributed by atoms with E-state index in [1.54, 1.807) is 24.4 Å². The molecular formula is C22H19ClF3N5O2. The molecule has 0 spiro atoms. The minimum absolute atomic E-state index is 0.0518. The second kappa shape index (κ2) is 8.44. The van der Waals surface area contributed by atoms with Gasteiger partial charge in [0.05, 0.1) is 18.8 Å². The molecule has 1 N–H and O–H groups in total. The van der Waals surface area contributed by atoms with Crippen LogP contribution in [0.1, 0.15) is 5.56 Å². The molecule has 1 aromatic carbocycles. The van der Waals surface area contributed by atoms with Gasteiger partial charge in [-0.25, -0.2) is 15.0 Å². The molecule has 33 heavy (non-hydrogen) atoms. The molecule has 2 unspecified atom stereocenters. The number of alkyl halides is 4. The van der Waals surface area contributed by atoms with Gasteiger partial charge in [-0.1, -0.05) is 18.2 Å². The molecule has 1 amide bonds. The molecule has 2 saturated heterocycles. The maximum atomic E-state index is 13.8. The van der Waals surface area contributed by atoms with E-state index < -0.39 is 23.3 Å². The maximum absolute atomic E-state index is 13.8. The Morgan fingerprint density at radius 1 is 1.09 bits per heavy atom. The molecule has 5 rings (SSSR count). The Kier molecular flexibility index (Phi) is 5.59. The summed E-state index contributed by atoms with van der Waals surface area (Å²) < 4.78 is 46.7. The molecule has 2 aliphatic heterocycles. The number of fused-ring (bicyclic) bond motifs is 1. The summed E-state index contributed by atoms with van der Waals surface area (Å²) in [5.74, 6) is -0.292. The lowest BCUT2D eigenvalue weighted by Gasteiger charge is -2.50. The number of ether oxygens (including phenoxy) is 1. The van der Waals surface area contributed by atoms with E-state index in [1.807, 2.05) is 4.90 Å². The second-order valence-electron chi connectivity index (χ2n) is 7.76. The van der Waals surface area contributed by atoms with E-state index >= 15 is 0 Å². The zero-order valence-corrected chi connectivity index (χ0v) is 18.0. The smallest absolute Gasteiger partial charge is 0.379 e. The van der Waals surface area contributed by atoms with Gasteiger partial charge in [0.25, 0.3) is 5.91 Å². The summed E-state index contributed by atoms with van der Waals surface area (Å²) in [6, 6.07) is 10.3. The molecule has 2 aliphatic rings. The molecule has 0 aliphatic carbocycles. The number of halogens is 4. The van der Waals surface area contributed by atoms with Crippen molar-refractivity contribution >= 4 is 34.4 Å². The molecule has 0 radical (unpaired) electrons. The van der Waals surface area contributed by atoms with Gasteiger partial charge < -0.3 is 4.74 Å². The number of hydrogen-bond donors (Lipinski definition) is 1. The molecule has 172 valence electrons. The Morgan fingerprint density at radius 3 is 2.61 bits per heavy atom. The Labute approximate surface area is 192 Å². The summed E-state index contributed by atoms with van der Waals surface area (Å²) in [7, 11) is 0. The number of pyridine rings is 2. The zero-order chi connectivity index (χ0) is 23.2. The van der Waals surface area contributed by atoms with Crippen molar-refractivity contribution in [3.63, 3.8) is 0 Å². The first kappa shape index (κ1) is 21.9. The van der Waals surface area contributed by atoms with E-state index in [0.717, 1.165) is 6.07 Å². The minimum Gasteiger partial charge on any atom is -0.379 e. The highest BCUT2D eigenvalue weighted by Gasteiger charge is 2.50. The summed E-state index contributed by atoms with van der Waals surface area (Å²) in [5, 5.41) is 1.12. The monoisotopic (exact) mass is 477 g/mol. The molecule has 2 aromatic heterocycles. The zero-order valence-electron chi connectivity index (χ0n) is 17.2. The van der Waals surface area contributed by atoms with E-state index in [0.29, 0.717) is 37.3 Å². The number of amides is 1. The fourth-order valence-corrected chi connectivity index (χ4v) is 4.50. The number of β-lactam (4-membered cyclic amide) rings is 1. The number of rotatable bonds is 4. The molecule has 2 atom stereocenters. The lowest BCUT2D eigenvalue weighted by atomic mass is 9.98. The van der Waals surface area contributed by atoms with Crippen molar-refractivity contribution in [2.75, 3.05) is 31.7 Å². The van der Waals surface area contributed by atoms with Crippen molar-refractivity contribution in [2.45, 2.75) is 17.7 Å². The van der Waals surface area contributed by atoms with Crippen LogP contribution in [-0.2, 0) is 15.7 Å². The number of morpholine rings is 1. The van der Waals surface area contributed by atoms with Crippen molar-refractivity contribution in [1.29, 1.82) is 0 Å². The molecule has 2 fully saturated rings. The normalized spacial score (nSPS) is 21.8. The first-order valence-electron chi connectivity index (χ1n) is 10.3. The van der Waals surface area contributed by atoms with Crippen molar-refractivity contribution in [3.05, 3.63) is 54.2 Å². The van der Waals surface area contributed by atoms with Gasteiger partial charge in [0, 0.05) is 30.2 Å². The quantitative estimate of drug-likeness (QED) is 0.456. The summed E-state index contributed by atoms with van der Waals surface area (Å²) in [6.45, 7) is 2.17. The maximum Gasteiger partial charge on any atom is 0.417 e. The fourth-order valence-electron chi connectivity index (χ4n) is 4.13. The van der Waals surface area contributed by atoms with Crippen LogP contribution < -0.4 is 5.43 Å². The molecule has 0 saturated carbocycles. The number of nitrogens with zero attached hydrogens (tertiary/aromatic N) is 4. The number of hydrazine groups is 1. The van der Waals surface area contributed by atoms with Crippen molar-refractivity contribution in [2.24, 2.45) is 0 Å². The van der Waals surface area contributed by atoms with Crippen LogP contribution in [0.3, 0.4) is 0 Å². The molecule has 4 heterocycles. The lowest BCUT2D eigenvalue weighted by molar-refractivity contribution is -0.155. The molecule has 7 nitrogen and oxygen atoms in total. The van der Waals surface area contributed by atoms with Gasteiger partial charge in [0.15, 0.2) is 11.5 Å². The third-order valence-corrected chi connectivity index (χ3v) is 6.17. The van der Waals surface area contributed by atoms with Crippen LogP contribution in [0.5, 0.6) is 0 Å². The number of carbonyl (C=O) groups is 1. The van der Waals surface area contributed by atoms with Gasteiger partial charge in [-0.2, -0.15) is 13.2 Å². The molecule has 11 heteroatoms. The molecule has 0 bridgehead atoms. The van der Waals surface area contributed by atoms with E-state index in [2.05, 4.69) is 15.4 Å². The third-order valence-electron chi connectivity index (χ3n) is 5.76. The average molecular weight is 478 g/mol. The van der Waals surface area contributed by atoms with Gasteiger partial charge >= 0.3 is 6.18 Å². The van der Waals surface area contributed by atoms with Gasteiger partial charge in [0.1, 0.15) is 11.5 Å². The SMILES string of the molecule is O=C1C(Cl)C(N2CCOCC2)N1Nc1nc2ncccc2cc1-c1ccccc1C(F)(F)F. The fraction of sp³-hybridized carbons (Fsp3) is 0.318. The Morgan fingerprint density at radius 2 is 1.85 bits per heavy atom. The second-order valence-corrected chi connectivity index (χ2v) is 8.23.